The number of pyridine rings is 2. The summed E-state index contributed by atoms with van der Waals surface area (Å²) in [6, 6.07) is 11.1. The molecule has 0 aliphatic rings. The summed E-state index contributed by atoms with van der Waals surface area (Å²) < 4.78 is -0.862. The lowest BCUT2D eigenvalue weighted by Gasteiger charge is -2.26. The Hall–Kier alpha value is -2.60. The first-order valence-corrected chi connectivity index (χ1v) is 9.27. The predicted molar refractivity (Wildman–Crippen MR) is 103 cm³/mol. The number of carbonyl (C=O) groups is 1. The maximum atomic E-state index is 11.9. The molecule has 26 heavy (non-hydrogen) atoms. The summed E-state index contributed by atoms with van der Waals surface area (Å²) >= 11 is 1.38. The Bertz CT molecular complexity index is 955. The van der Waals surface area contributed by atoms with Gasteiger partial charge < -0.3 is 10.2 Å². The first-order valence-electron chi connectivity index (χ1n) is 8.45. The number of aromatic hydroxyl groups is 1. The first kappa shape index (κ1) is 18.2. The highest BCUT2D eigenvalue weighted by molar-refractivity contribution is 8.01. The Balaban J connectivity index is 2.12. The monoisotopic (exact) mass is 368 g/mol. The summed E-state index contributed by atoms with van der Waals surface area (Å²) in [4.78, 5) is 21.0. The second kappa shape index (κ2) is 7.33. The molecule has 0 bridgehead atoms. The molecule has 0 atom stereocenters. The minimum atomic E-state index is -0.862. The Morgan fingerprint density at radius 2 is 1.73 bits per heavy atom. The highest BCUT2D eigenvalue weighted by Gasteiger charge is 2.36. The van der Waals surface area contributed by atoms with Crippen LogP contribution < -0.4 is 0 Å². The Labute approximate surface area is 156 Å². The molecule has 0 aliphatic heterocycles. The molecule has 6 heteroatoms. The van der Waals surface area contributed by atoms with E-state index in [0.29, 0.717) is 12.8 Å². The number of hydrogen-bond donors (Lipinski definition) is 2. The zero-order valence-electron chi connectivity index (χ0n) is 14.6. The van der Waals surface area contributed by atoms with Crippen LogP contribution in [0.4, 0.5) is 0 Å². The number of hydrogen-bond acceptors (Lipinski definition) is 5. The van der Waals surface area contributed by atoms with Gasteiger partial charge in [-0.2, -0.15) is 0 Å². The SMILES string of the molecule is CCC(CC)(Sc1ccnc2ccc(-c3ccnc(O)c3)cc12)C(=O)O. The fourth-order valence-electron chi connectivity index (χ4n) is 2.94. The van der Waals surface area contributed by atoms with Crippen molar-refractivity contribution in [3.63, 3.8) is 0 Å². The van der Waals surface area contributed by atoms with E-state index in [4.69, 9.17) is 0 Å². The Kier molecular flexibility index (Phi) is 5.13. The number of aromatic nitrogens is 2. The van der Waals surface area contributed by atoms with Gasteiger partial charge in [0.05, 0.1) is 5.52 Å². The van der Waals surface area contributed by atoms with Gasteiger partial charge in [-0.15, -0.1) is 11.8 Å². The molecular formula is C20H20N2O3S. The summed E-state index contributed by atoms with van der Waals surface area (Å²) in [5.74, 6) is -0.835. The van der Waals surface area contributed by atoms with Crippen molar-refractivity contribution in [2.24, 2.45) is 0 Å². The molecule has 3 aromatic rings. The highest BCUT2D eigenvalue weighted by atomic mass is 32.2. The maximum absolute atomic E-state index is 11.9. The van der Waals surface area contributed by atoms with Crippen LogP contribution in [-0.4, -0.2) is 30.9 Å². The van der Waals surface area contributed by atoms with Gasteiger partial charge in [0.25, 0.3) is 0 Å². The van der Waals surface area contributed by atoms with Crippen molar-refractivity contribution in [2.45, 2.75) is 36.3 Å². The Morgan fingerprint density at radius 1 is 1.04 bits per heavy atom. The molecule has 0 unspecified atom stereocenters. The van der Waals surface area contributed by atoms with Gasteiger partial charge in [0.2, 0.25) is 5.88 Å². The average molecular weight is 368 g/mol. The van der Waals surface area contributed by atoms with Crippen LogP contribution in [0, 0.1) is 0 Å². The van der Waals surface area contributed by atoms with Crippen molar-refractivity contribution in [1.29, 1.82) is 0 Å². The van der Waals surface area contributed by atoms with Crippen LogP contribution in [0.2, 0.25) is 0 Å². The van der Waals surface area contributed by atoms with E-state index < -0.39 is 10.7 Å². The fraction of sp³-hybridized carbons (Fsp3) is 0.250. The largest absolute Gasteiger partial charge is 0.493 e. The van der Waals surface area contributed by atoms with E-state index in [1.165, 1.54) is 11.8 Å². The van der Waals surface area contributed by atoms with Crippen LogP contribution in [0.15, 0.2) is 53.7 Å². The molecule has 0 radical (unpaired) electrons. The number of nitrogens with zero attached hydrogens (tertiary/aromatic N) is 2. The molecule has 1 aromatic carbocycles. The van der Waals surface area contributed by atoms with E-state index in [1.54, 1.807) is 18.5 Å². The summed E-state index contributed by atoms with van der Waals surface area (Å²) in [6.07, 6.45) is 4.33. The van der Waals surface area contributed by atoms with Crippen LogP contribution in [0.5, 0.6) is 5.88 Å². The molecule has 0 fully saturated rings. The summed E-state index contributed by atoms with van der Waals surface area (Å²) in [7, 11) is 0. The van der Waals surface area contributed by atoms with Crippen molar-refractivity contribution in [2.75, 3.05) is 0 Å². The number of benzene rings is 1. The average Bonchev–Trinajstić information content (AvgIpc) is 2.65. The van der Waals surface area contributed by atoms with E-state index >= 15 is 0 Å². The van der Waals surface area contributed by atoms with Crippen LogP contribution in [0.3, 0.4) is 0 Å². The third-order valence-electron chi connectivity index (χ3n) is 4.62. The van der Waals surface area contributed by atoms with Gasteiger partial charge >= 0.3 is 5.97 Å². The van der Waals surface area contributed by atoms with E-state index in [1.807, 2.05) is 44.2 Å². The Morgan fingerprint density at radius 3 is 2.38 bits per heavy atom. The van der Waals surface area contributed by atoms with E-state index in [9.17, 15) is 15.0 Å². The second-order valence-corrected chi connectivity index (χ2v) is 7.48. The molecule has 134 valence electrons. The van der Waals surface area contributed by atoms with Gasteiger partial charge in [-0.05, 0) is 48.2 Å². The van der Waals surface area contributed by atoms with Crippen LogP contribution in [0.1, 0.15) is 26.7 Å². The van der Waals surface area contributed by atoms with Crippen molar-refractivity contribution in [3.05, 3.63) is 48.8 Å². The smallest absolute Gasteiger partial charge is 0.320 e. The molecule has 5 nitrogen and oxygen atoms in total. The molecule has 0 amide bonds. The van der Waals surface area contributed by atoms with Gasteiger partial charge in [0.1, 0.15) is 4.75 Å². The summed E-state index contributed by atoms with van der Waals surface area (Å²) in [5.41, 5.74) is 2.57. The quantitative estimate of drug-likeness (QED) is 0.612. The molecule has 0 saturated carbocycles. The number of fused-ring (bicyclic) bond motifs is 1. The van der Waals surface area contributed by atoms with Gasteiger partial charge in [-0.3, -0.25) is 9.78 Å². The van der Waals surface area contributed by atoms with E-state index in [0.717, 1.165) is 26.9 Å². The van der Waals surface area contributed by atoms with Crippen LogP contribution >= 0.6 is 11.8 Å². The standard InChI is InChI=1S/C20H20N2O3S/c1-3-20(4-2,19(24)25)26-17-8-10-21-16-6-5-13(11-15(16)17)14-7-9-22-18(23)12-14/h5-12H,3-4H2,1-2H3,(H,22,23)(H,24,25). The van der Waals surface area contributed by atoms with Crippen molar-refractivity contribution in [3.8, 4) is 17.0 Å². The summed E-state index contributed by atoms with van der Waals surface area (Å²) in [5, 5.41) is 20.3. The number of rotatable bonds is 6. The topological polar surface area (TPSA) is 83.3 Å². The van der Waals surface area contributed by atoms with Crippen LogP contribution in [0.25, 0.3) is 22.0 Å². The predicted octanol–water partition coefficient (Wildman–Crippen LogP) is 4.74. The lowest BCUT2D eigenvalue weighted by Crippen LogP contribution is -2.33. The van der Waals surface area contributed by atoms with Crippen molar-refractivity contribution in [1.82, 2.24) is 9.97 Å². The van der Waals surface area contributed by atoms with Gasteiger partial charge in [-0.25, -0.2) is 4.98 Å². The molecule has 2 heterocycles. The summed E-state index contributed by atoms with van der Waals surface area (Å²) in [6.45, 7) is 3.80. The fourth-order valence-corrected chi connectivity index (χ4v) is 4.14. The number of carboxylic acid groups (broad SMARTS) is 1. The lowest BCUT2D eigenvalue weighted by atomic mass is 10.0. The third-order valence-corrected chi connectivity index (χ3v) is 6.34. The third kappa shape index (κ3) is 3.37. The molecule has 0 aliphatic carbocycles. The van der Waals surface area contributed by atoms with Crippen molar-refractivity contribution < 1.29 is 15.0 Å². The van der Waals surface area contributed by atoms with E-state index in [-0.39, 0.29) is 5.88 Å². The molecule has 3 rings (SSSR count). The molecular weight excluding hydrogens is 348 g/mol. The second-order valence-electron chi connectivity index (χ2n) is 6.05. The minimum absolute atomic E-state index is 0.0368. The molecule has 0 saturated heterocycles. The zero-order valence-corrected chi connectivity index (χ0v) is 15.5. The van der Waals surface area contributed by atoms with Crippen molar-refractivity contribution >= 4 is 28.6 Å². The zero-order chi connectivity index (χ0) is 18.7. The number of aliphatic carboxylic acids is 1. The maximum Gasteiger partial charge on any atom is 0.320 e. The molecule has 2 N–H and O–H groups in total. The van der Waals surface area contributed by atoms with Gasteiger partial charge in [0, 0.05) is 28.7 Å². The van der Waals surface area contributed by atoms with Crippen LogP contribution in [-0.2, 0) is 4.79 Å². The molecule has 2 aromatic heterocycles. The molecule has 0 spiro atoms. The van der Waals surface area contributed by atoms with E-state index in [2.05, 4.69) is 9.97 Å². The normalized spacial score (nSPS) is 11.6. The number of carboxylic acids is 1. The number of thioether (sulfide) groups is 1. The minimum Gasteiger partial charge on any atom is -0.493 e. The highest BCUT2D eigenvalue weighted by Crippen LogP contribution is 2.42. The van der Waals surface area contributed by atoms with Gasteiger partial charge in [0.15, 0.2) is 0 Å². The lowest BCUT2D eigenvalue weighted by molar-refractivity contribution is -0.140. The first-order chi connectivity index (χ1) is 12.5. The van der Waals surface area contributed by atoms with Gasteiger partial charge in [-0.1, -0.05) is 19.9 Å².